The van der Waals surface area contributed by atoms with Gasteiger partial charge in [0, 0.05) is 26.7 Å². The molecule has 1 atom stereocenters. The van der Waals surface area contributed by atoms with Crippen molar-refractivity contribution in [1.82, 2.24) is 19.9 Å². The van der Waals surface area contributed by atoms with Crippen LogP contribution in [-0.4, -0.2) is 67.2 Å². The van der Waals surface area contributed by atoms with Gasteiger partial charge in [-0.2, -0.15) is 15.0 Å². The Morgan fingerprint density at radius 3 is 2.79 bits per heavy atom. The number of piperidine rings is 1. The van der Waals surface area contributed by atoms with E-state index in [-0.39, 0.29) is 0 Å². The summed E-state index contributed by atoms with van der Waals surface area (Å²) in [5.41, 5.74) is 0. The zero-order valence-electron chi connectivity index (χ0n) is 12.1. The molecule has 7 nitrogen and oxygen atoms in total. The van der Waals surface area contributed by atoms with E-state index in [0.717, 1.165) is 19.5 Å². The number of ether oxygens (including phenoxy) is 1. The van der Waals surface area contributed by atoms with Crippen LogP contribution in [-0.2, 0) is 0 Å². The molecule has 0 spiro atoms. The molecule has 1 aromatic rings. The van der Waals surface area contributed by atoms with Crippen LogP contribution in [0.5, 0.6) is 6.01 Å². The molecule has 0 aromatic carbocycles. The standard InChI is InChI=1S/C12H22N6O/c1-13-10-14-11(16-12(15-10)19-4)18(3)9-6-5-7-17(2)8-9/h9H,5-8H2,1-4H3,(H,13,14,15,16). The Morgan fingerprint density at radius 1 is 1.37 bits per heavy atom. The largest absolute Gasteiger partial charge is 0.467 e. The quantitative estimate of drug-likeness (QED) is 0.848. The lowest BCUT2D eigenvalue weighted by molar-refractivity contribution is 0.246. The van der Waals surface area contributed by atoms with Gasteiger partial charge < -0.3 is 19.9 Å². The number of hydrogen-bond acceptors (Lipinski definition) is 7. The molecule has 2 rings (SSSR count). The summed E-state index contributed by atoms with van der Waals surface area (Å²) in [6.07, 6.45) is 2.36. The van der Waals surface area contributed by atoms with E-state index in [1.54, 1.807) is 14.2 Å². The second-order valence-electron chi connectivity index (χ2n) is 4.86. The van der Waals surface area contributed by atoms with Crippen LogP contribution in [0.2, 0.25) is 0 Å². The fourth-order valence-electron chi connectivity index (χ4n) is 2.33. The SMILES string of the molecule is CNc1nc(OC)nc(N(C)C2CCCN(C)C2)n1. The molecule has 7 heteroatoms. The Morgan fingerprint density at radius 2 is 2.16 bits per heavy atom. The molecule has 0 saturated carbocycles. The Balaban J connectivity index is 2.19. The number of likely N-dealkylation sites (N-methyl/N-ethyl adjacent to an activating group) is 2. The fourth-order valence-corrected chi connectivity index (χ4v) is 2.33. The number of rotatable bonds is 4. The monoisotopic (exact) mass is 266 g/mol. The molecule has 1 fully saturated rings. The van der Waals surface area contributed by atoms with Gasteiger partial charge in [0.15, 0.2) is 0 Å². The molecule has 0 radical (unpaired) electrons. The molecule has 0 aliphatic carbocycles. The van der Waals surface area contributed by atoms with E-state index in [1.165, 1.54) is 6.42 Å². The number of nitrogens with zero attached hydrogens (tertiary/aromatic N) is 5. The predicted molar refractivity (Wildman–Crippen MR) is 74.8 cm³/mol. The second kappa shape index (κ2) is 6.01. The van der Waals surface area contributed by atoms with E-state index in [4.69, 9.17) is 4.74 Å². The number of likely N-dealkylation sites (tertiary alicyclic amines) is 1. The predicted octanol–water partition coefficient (Wildman–Crippen LogP) is 0.452. The van der Waals surface area contributed by atoms with Crippen LogP contribution in [0.15, 0.2) is 0 Å². The first kappa shape index (κ1) is 13.8. The Labute approximate surface area is 114 Å². The van der Waals surface area contributed by atoms with Crippen LogP contribution in [0, 0.1) is 0 Å². The van der Waals surface area contributed by atoms with Crippen molar-refractivity contribution in [1.29, 1.82) is 0 Å². The van der Waals surface area contributed by atoms with E-state index < -0.39 is 0 Å². The minimum absolute atomic E-state index is 0.338. The average molecular weight is 266 g/mol. The van der Waals surface area contributed by atoms with Crippen molar-refractivity contribution < 1.29 is 4.74 Å². The smallest absolute Gasteiger partial charge is 0.322 e. The van der Waals surface area contributed by atoms with Gasteiger partial charge in [-0.05, 0) is 26.4 Å². The van der Waals surface area contributed by atoms with Gasteiger partial charge >= 0.3 is 6.01 Å². The van der Waals surface area contributed by atoms with Crippen molar-refractivity contribution in [2.24, 2.45) is 0 Å². The lowest BCUT2D eigenvalue weighted by Gasteiger charge is -2.35. The first-order valence-electron chi connectivity index (χ1n) is 6.53. The highest BCUT2D eigenvalue weighted by molar-refractivity contribution is 5.38. The van der Waals surface area contributed by atoms with Gasteiger partial charge in [0.2, 0.25) is 11.9 Å². The van der Waals surface area contributed by atoms with Gasteiger partial charge in [0.1, 0.15) is 0 Å². The van der Waals surface area contributed by atoms with Crippen LogP contribution in [0.4, 0.5) is 11.9 Å². The Hall–Kier alpha value is -1.63. The summed E-state index contributed by atoms with van der Waals surface area (Å²) < 4.78 is 5.12. The molecule has 0 amide bonds. The zero-order chi connectivity index (χ0) is 13.8. The van der Waals surface area contributed by atoms with Crippen LogP contribution >= 0.6 is 0 Å². The average Bonchev–Trinajstić information content (AvgIpc) is 2.45. The lowest BCUT2D eigenvalue weighted by Crippen LogP contribution is -2.45. The molecule has 1 saturated heterocycles. The van der Waals surface area contributed by atoms with Crippen LogP contribution < -0.4 is 15.0 Å². The van der Waals surface area contributed by atoms with Crippen LogP contribution in [0.1, 0.15) is 12.8 Å². The number of aromatic nitrogens is 3. The molecular formula is C12H22N6O. The zero-order valence-corrected chi connectivity index (χ0v) is 12.1. The van der Waals surface area contributed by atoms with Gasteiger partial charge in [-0.15, -0.1) is 0 Å². The minimum atomic E-state index is 0.338. The number of nitrogens with one attached hydrogen (secondary N) is 1. The van der Waals surface area contributed by atoms with E-state index in [0.29, 0.717) is 23.9 Å². The van der Waals surface area contributed by atoms with Crippen LogP contribution in [0.3, 0.4) is 0 Å². The Kier molecular flexibility index (Phi) is 4.36. The van der Waals surface area contributed by atoms with Crippen molar-refractivity contribution >= 4 is 11.9 Å². The maximum Gasteiger partial charge on any atom is 0.322 e. The van der Waals surface area contributed by atoms with Gasteiger partial charge in [-0.3, -0.25) is 0 Å². The maximum absolute atomic E-state index is 5.12. The summed E-state index contributed by atoms with van der Waals surface area (Å²) in [5, 5.41) is 2.93. The summed E-state index contributed by atoms with van der Waals surface area (Å²) in [4.78, 5) is 17.3. The van der Waals surface area contributed by atoms with Crippen molar-refractivity contribution in [2.75, 3.05) is 51.6 Å². The fraction of sp³-hybridized carbons (Fsp3) is 0.750. The molecule has 1 aromatic heterocycles. The minimum Gasteiger partial charge on any atom is -0.467 e. The molecule has 1 aliphatic rings. The summed E-state index contributed by atoms with van der Waals surface area (Å²) >= 11 is 0. The van der Waals surface area contributed by atoms with E-state index in [2.05, 4.69) is 37.1 Å². The molecule has 0 bridgehead atoms. The third kappa shape index (κ3) is 3.23. The first-order chi connectivity index (χ1) is 9.13. The van der Waals surface area contributed by atoms with Gasteiger partial charge in [-0.25, -0.2) is 0 Å². The highest BCUT2D eigenvalue weighted by Crippen LogP contribution is 2.20. The molecule has 19 heavy (non-hydrogen) atoms. The molecular weight excluding hydrogens is 244 g/mol. The van der Waals surface area contributed by atoms with Gasteiger partial charge in [0.05, 0.1) is 7.11 Å². The Bertz CT molecular complexity index is 404. The van der Waals surface area contributed by atoms with E-state index >= 15 is 0 Å². The number of methoxy groups -OCH3 is 1. The van der Waals surface area contributed by atoms with Crippen molar-refractivity contribution in [3.8, 4) is 6.01 Å². The molecule has 2 heterocycles. The first-order valence-corrected chi connectivity index (χ1v) is 6.53. The van der Waals surface area contributed by atoms with Crippen molar-refractivity contribution in [2.45, 2.75) is 18.9 Å². The summed E-state index contributed by atoms with van der Waals surface area (Å²) in [5.74, 6) is 1.18. The van der Waals surface area contributed by atoms with Crippen molar-refractivity contribution in [3.05, 3.63) is 0 Å². The number of hydrogen-bond donors (Lipinski definition) is 1. The van der Waals surface area contributed by atoms with Crippen molar-refractivity contribution in [3.63, 3.8) is 0 Å². The summed E-state index contributed by atoms with van der Waals surface area (Å²) in [7, 11) is 7.52. The van der Waals surface area contributed by atoms with Gasteiger partial charge in [-0.1, -0.05) is 0 Å². The normalized spacial score (nSPS) is 20.1. The molecule has 106 valence electrons. The lowest BCUT2D eigenvalue weighted by atomic mass is 10.1. The highest BCUT2D eigenvalue weighted by atomic mass is 16.5. The second-order valence-corrected chi connectivity index (χ2v) is 4.86. The summed E-state index contributed by atoms with van der Waals surface area (Å²) in [6.45, 7) is 2.19. The molecule has 1 aliphatic heterocycles. The maximum atomic E-state index is 5.12. The summed E-state index contributed by atoms with van der Waals surface area (Å²) in [6, 6.07) is 0.765. The van der Waals surface area contributed by atoms with Gasteiger partial charge in [0.25, 0.3) is 0 Å². The number of anilines is 2. The third-order valence-electron chi connectivity index (χ3n) is 3.47. The third-order valence-corrected chi connectivity index (χ3v) is 3.47. The van der Waals surface area contributed by atoms with E-state index in [9.17, 15) is 0 Å². The van der Waals surface area contributed by atoms with E-state index in [1.807, 2.05) is 7.05 Å². The molecule has 1 unspecified atom stereocenters. The topological polar surface area (TPSA) is 66.4 Å². The van der Waals surface area contributed by atoms with Crippen LogP contribution in [0.25, 0.3) is 0 Å². The highest BCUT2D eigenvalue weighted by Gasteiger charge is 2.23. The molecule has 1 N–H and O–H groups in total.